The Hall–Kier alpha value is -1.37. The fourth-order valence-corrected chi connectivity index (χ4v) is 2.06. The van der Waals surface area contributed by atoms with Crippen LogP contribution in [0.5, 0.6) is 0 Å². The number of amides is 2. The largest absolute Gasteiger partial charge is 0.332 e. The summed E-state index contributed by atoms with van der Waals surface area (Å²) >= 11 is 11.6. The van der Waals surface area contributed by atoms with Gasteiger partial charge in [-0.05, 0) is 19.1 Å². The third-order valence-electron chi connectivity index (χ3n) is 2.56. The SMILES string of the molecule is CC(=O)NNC(=O)C[NH2+][C@@H](C)c1cc(F)c(Cl)cc1Cl. The van der Waals surface area contributed by atoms with E-state index in [1.807, 2.05) is 0 Å². The molecule has 8 heteroatoms. The zero-order valence-corrected chi connectivity index (χ0v) is 12.5. The molecule has 1 atom stereocenters. The summed E-state index contributed by atoms with van der Waals surface area (Å²) in [6, 6.07) is 2.34. The van der Waals surface area contributed by atoms with Crippen LogP contribution in [0.3, 0.4) is 0 Å². The van der Waals surface area contributed by atoms with Crippen molar-refractivity contribution >= 4 is 35.0 Å². The number of nitrogens with one attached hydrogen (secondary N) is 2. The Morgan fingerprint density at radius 2 is 1.95 bits per heavy atom. The molecule has 0 radical (unpaired) electrons. The van der Waals surface area contributed by atoms with Crippen molar-refractivity contribution in [3.05, 3.63) is 33.6 Å². The Labute approximate surface area is 125 Å². The van der Waals surface area contributed by atoms with Gasteiger partial charge in [-0.25, -0.2) is 4.39 Å². The van der Waals surface area contributed by atoms with Crippen molar-refractivity contribution < 1.29 is 19.3 Å². The molecule has 0 aromatic heterocycles. The molecule has 0 saturated heterocycles. The molecule has 1 aromatic rings. The van der Waals surface area contributed by atoms with Crippen LogP contribution in [0, 0.1) is 5.82 Å². The summed E-state index contributed by atoms with van der Waals surface area (Å²) in [5.41, 5.74) is 4.94. The first kappa shape index (κ1) is 16.7. The van der Waals surface area contributed by atoms with Gasteiger partial charge in [0.15, 0.2) is 6.54 Å². The number of halogens is 3. The van der Waals surface area contributed by atoms with Crippen LogP contribution < -0.4 is 16.2 Å². The van der Waals surface area contributed by atoms with E-state index in [0.717, 1.165) is 0 Å². The number of rotatable bonds is 4. The van der Waals surface area contributed by atoms with Gasteiger partial charge in [-0.3, -0.25) is 20.4 Å². The lowest BCUT2D eigenvalue weighted by Crippen LogP contribution is -2.87. The standard InChI is InChI=1S/C12H14Cl2FN3O2/c1-6(16-5-12(20)18-17-7(2)19)8-3-11(15)10(14)4-9(8)13/h3-4,6,16H,5H2,1-2H3,(H,17,19)(H,18,20)/p+1/t6-/m0/s1. The van der Waals surface area contributed by atoms with Gasteiger partial charge in [0.1, 0.15) is 11.9 Å². The van der Waals surface area contributed by atoms with Gasteiger partial charge in [-0.1, -0.05) is 23.2 Å². The third-order valence-corrected chi connectivity index (χ3v) is 3.18. The summed E-state index contributed by atoms with van der Waals surface area (Å²) in [4.78, 5) is 22.0. The van der Waals surface area contributed by atoms with E-state index in [2.05, 4.69) is 10.9 Å². The van der Waals surface area contributed by atoms with Crippen LogP contribution in [0.2, 0.25) is 10.0 Å². The number of benzene rings is 1. The molecule has 0 spiro atoms. The maximum absolute atomic E-state index is 13.4. The van der Waals surface area contributed by atoms with E-state index in [1.54, 1.807) is 12.2 Å². The van der Waals surface area contributed by atoms with Gasteiger partial charge in [0.2, 0.25) is 5.91 Å². The number of carbonyl (C=O) groups excluding carboxylic acids is 2. The molecule has 0 fully saturated rings. The van der Waals surface area contributed by atoms with Crippen molar-refractivity contribution in [2.45, 2.75) is 19.9 Å². The van der Waals surface area contributed by atoms with Crippen molar-refractivity contribution in [3.63, 3.8) is 0 Å². The molecule has 1 aromatic carbocycles. The molecule has 2 amide bonds. The van der Waals surface area contributed by atoms with Gasteiger partial charge in [0.05, 0.1) is 10.0 Å². The second-order valence-electron chi connectivity index (χ2n) is 4.25. The van der Waals surface area contributed by atoms with Gasteiger partial charge in [-0.15, -0.1) is 0 Å². The molecule has 0 saturated carbocycles. The highest BCUT2D eigenvalue weighted by Crippen LogP contribution is 2.27. The highest BCUT2D eigenvalue weighted by atomic mass is 35.5. The molecule has 0 unspecified atom stereocenters. The van der Waals surface area contributed by atoms with Crippen LogP contribution in [0.1, 0.15) is 25.5 Å². The van der Waals surface area contributed by atoms with Crippen LogP contribution in [-0.4, -0.2) is 18.4 Å². The lowest BCUT2D eigenvalue weighted by molar-refractivity contribution is -0.682. The minimum Gasteiger partial charge on any atom is -0.332 e. The first-order valence-electron chi connectivity index (χ1n) is 5.84. The lowest BCUT2D eigenvalue weighted by atomic mass is 10.1. The highest BCUT2D eigenvalue weighted by molar-refractivity contribution is 6.35. The number of carbonyl (C=O) groups is 2. The smallest absolute Gasteiger partial charge is 0.293 e. The van der Waals surface area contributed by atoms with Gasteiger partial charge >= 0.3 is 0 Å². The Bertz CT molecular complexity index is 526. The third kappa shape index (κ3) is 4.96. The number of quaternary nitrogens is 1. The van der Waals surface area contributed by atoms with E-state index in [4.69, 9.17) is 23.2 Å². The van der Waals surface area contributed by atoms with E-state index in [9.17, 15) is 14.0 Å². The number of hydrogen-bond donors (Lipinski definition) is 3. The Morgan fingerprint density at radius 1 is 1.30 bits per heavy atom. The minimum absolute atomic E-state index is 0.0469. The zero-order valence-electron chi connectivity index (χ0n) is 11.0. The number of hydrogen-bond acceptors (Lipinski definition) is 2. The molecule has 0 aliphatic heterocycles. The average molecular weight is 323 g/mol. The molecule has 110 valence electrons. The molecule has 20 heavy (non-hydrogen) atoms. The normalized spacial score (nSPS) is 11.8. The molecule has 0 heterocycles. The van der Waals surface area contributed by atoms with Crippen LogP contribution in [0.15, 0.2) is 12.1 Å². The average Bonchev–Trinajstić information content (AvgIpc) is 2.37. The van der Waals surface area contributed by atoms with E-state index in [-0.39, 0.29) is 29.4 Å². The van der Waals surface area contributed by atoms with Crippen molar-refractivity contribution in [2.24, 2.45) is 0 Å². The summed E-state index contributed by atoms with van der Waals surface area (Å²) in [5, 5.41) is 1.95. The Morgan fingerprint density at radius 3 is 2.55 bits per heavy atom. The second kappa shape index (κ2) is 7.42. The van der Waals surface area contributed by atoms with E-state index >= 15 is 0 Å². The summed E-state index contributed by atoms with van der Waals surface area (Å²) in [6.45, 7) is 3.12. The van der Waals surface area contributed by atoms with Crippen LogP contribution in [0.4, 0.5) is 4.39 Å². The monoisotopic (exact) mass is 322 g/mol. The predicted octanol–water partition coefficient (Wildman–Crippen LogP) is 0.924. The molecular formula is C12H15Cl2FN3O2+. The molecule has 4 N–H and O–H groups in total. The topological polar surface area (TPSA) is 74.8 Å². The van der Waals surface area contributed by atoms with E-state index < -0.39 is 5.82 Å². The summed E-state index contributed by atoms with van der Waals surface area (Å²) in [7, 11) is 0. The maximum Gasteiger partial charge on any atom is 0.293 e. The predicted molar refractivity (Wildman–Crippen MR) is 73.6 cm³/mol. The zero-order chi connectivity index (χ0) is 15.3. The fraction of sp³-hybridized carbons (Fsp3) is 0.333. The van der Waals surface area contributed by atoms with Crippen molar-refractivity contribution in [1.29, 1.82) is 0 Å². The summed E-state index contributed by atoms with van der Waals surface area (Å²) in [6.07, 6.45) is 0. The first-order valence-corrected chi connectivity index (χ1v) is 6.60. The van der Waals surface area contributed by atoms with E-state index in [0.29, 0.717) is 10.6 Å². The van der Waals surface area contributed by atoms with E-state index in [1.165, 1.54) is 19.1 Å². The summed E-state index contributed by atoms with van der Waals surface area (Å²) < 4.78 is 13.4. The molecule has 1 rings (SSSR count). The maximum atomic E-state index is 13.4. The molecule has 0 aliphatic rings. The number of nitrogens with two attached hydrogens (primary N) is 1. The van der Waals surface area contributed by atoms with Gasteiger partial charge in [-0.2, -0.15) is 0 Å². The quantitative estimate of drug-likeness (QED) is 0.569. The van der Waals surface area contributed by atoms with Crippen molar-refractivity contribution in [3.8, 4) is 0 Å². The molecule has 0 aliphatic carbocycles. The van der Waals surface area contributed by atoms with Crippen LogP contribution in [-0.2, 0) is 9.59 Å². The molecular weight excluding hydrogens is 308 g/mol. The van der Waals surface area contributed by atoms with Crippen LogP contribution >= 0.6 is 23.2 Å². The van der Waals surface area contributed by atoms with Crippen molar-refractivity contribution in [2.75, 3.05) is 6.54 Å². The molecule has 0 bridgehead atoms. The van der Waals surface area contributed by atoms with Crippen molar-refractivity contribution in [1.82, 2.24) is 10.9 Å². The first-order chi connectivity index (χ1) is 9.31. The Kier molecular flexibility index (Phi) is 6.19. The lowest BCUT2D eigenvalue weighted by Gasteiger charge is -2.13. The molecule has 5 nitrogen and oxygen atoms in total. The fourth-order valence-electron chi connectivity index (χ4n) is 1.51. The minimum atomic E-state index is -0.561. The van der Waals surface area contributed by atoms with Crippen LogP contribution in [0.25, 0.3) is 0 Å². The Balaban J connectivity index is 2.59. The van der Waals surface area contributed by atoms with Gasteiger partial charge < -0.3 is 5.32 Å². The van der Waals surface area contributed by atoms with Gasteiger partial charge in [0.25, 0.3) is 5.91 Å². The van der Waals surface area contributed by atoms with Gasteiger partial charge in [0, 0.05) is 12.5 Å². The second-order valence-corrected chi connectivity index (χ2v) is 5.06. The highest BCUT2D eigenvalue weighted by Gasteiger charge is 2.17. The number of hydrazine groups is 1. The summed E-state index contributed by atoms with van der Waals surface area (Å²) in [5.74, 6) is -1.30.